The van der Waals surface area contributed by atoms with Gasteiger partial charge in [0.05, 0.1) is 28.5 Å². The van der Waals surface area contributed by atoms with Crippen molar-refractivity contribution in [2.75, 3.05) is 55.6 Å². The summed E-state index contributed by atoms with van der Waals surface area (Å²) >= 11 is 6.31. The van der Waals surface area contributed by atoms with Gasteiger partial charge in [0.15, 0.2) is 0 Å². The van der Waals surface area contributed by atoms with Crippen LogP contribution in [0.3, 0.4) is 0 Å². The van der Waals surface area contributed by atoms with Gasteiger partial charge in [0.25, 0.3) is 11.8 Å². The zero-order valence-electron chi connectivity index (χ0n) is 36.6. The summed E-state index contributed by atoms with van der Waals surface area (Å²) in [5, 5.41) is 12.2. The molecule has 14 heteroatoms. The molecule has 4 saturated heterocycles. The molecule has 1 unspecified atom stereocenters. The highest BCUT2D eigenvalue weighted by Gasteiger charge is 2.45. The Morgan fingerprint density at radius 1 is 0.781 bits per heavy atom. The van der Waals surface area contributed by atoms with Crippen molar-refractivity contribution in [1.29, 1.82) is 5.26 Å². The molecule has 6 heterocycles. The van der Waals surface area contributed by atoms with E-state index in [2.05, 4.69) is 57.0 Å². The zero-order valence-corrected chi connectivity index (χ0v) is 37.4. The molecular formula is C50H55ClN8O5. The summed E-state index contributed by atoms with van der Waals surface area (Å²) in [5.41, 5.74) is 4.71. The first kappa shape index (κ1) is 43.4. The minimum absolute atomic E-state index is 0.105. The summed E-state index contributed by atoms with van der Waals surface area (Å²) in [6.07, 6.45) is 8.99. The standard InChI is InChI=1S/C50H55ClN8O5/c1-50(2,37-25-33(29-52)26-38(51)27-37)36-3-6-41(7-4-36)64-31-39-11-18-53-49(54-39)58-21-12-32(13-22-58)30-56-19-14-34(15-20-56)35-16-23-57(24-17-35)40-5-8-42-43(28-40)48(63)59(47(42)62)44-9-10-45(60)55-46(44)61/h3-8,11,18,25-28,32,34-35,44H,9-10,12-17,19-24,30-31H2,1-2H3,(H,55,60,61). The third-order valence-corrected chi connectivity index (χ3v) is 14.7. The number of likely N-dealkylation sites (tertiary alicyclic amines) is 1. The number of fused-ring (bicyclic) bond motifs is 1. The summed E-state index contributed by atoms with van der Waals surface area (Å²) in [7, 11) is 0. The fraction of sp³-hybridized carbons (Fsp3) is 0.460. The first-order valence-electron chi connectivity index (χ1n) is 22.8. The number of piperidine rings is 4. The van der Waals surface area contributed by atoms with Gasteiger partial charge in [-0.25, -0.2) is 9.97 Å². The highest BCUT2D eigenvalue weighted by atomic mass is 35.5. The van der Waals surface area contributed by atoms with Crippen LogP contribution in [-0.2, 0) is 21.6 Å². The lowest BCUT2D eigenvalue weighted by molar-refractivity contribution is -0.136. The van der Waals surface area contributed by atoms with Crippen molar-refractivity contribution in [1.82, 2.24) is 25.1 Å². The van der Waals surface area contributed by atoms with E-state index in [1.807, 2.05) is 48.7 Å². The lowest BCUT2D eigenvalue weighted by atomic mass is 9.78. The van der Waals surface area contributed by atoms with Crippen LogP contribution in [-0.4, -0.2) is 95.3 Å². The molecule has 332 valence electrons. The summed E-state index contributed by atoms with van der Waals surface area (Å²) in [5.74, 6) is 1.69. The second-order valence-corrected chi connectivity index (χ2v) is 19.1. The van der Waals surface area contributed by atoms with E-state index < -0.39 is 23.8 Å². The van der Waals surface area contributed by atoms with Crippen LogP contribution < -0.4 is 19.9 Å². The van der Waals surface area contributed by atoms with Crippen LogP contribution in [0.4, 0.5) is 11.6 Å². The van der Waals surface area contributed by atoms with Crippen molar-refractivity contribution < 1.29 is 23.9 Å². The maximum absolute atomic E-state index is 13.4. The van der Waals surface area contributed by atoms with Gasteiger partial charge in [-0.05, 0) is 142 Å². The molecular weight excluding hydrogens is 828 g/mol. The number of hydrogen-bond acceptors (Lipinski definition) is 11. The Hall–Kier alpha value is -5.84. The molecule has 64 heavy (non-hydrogen) atoms. The van der Waals surface area contributed by atoms with Gasteiger partial charge in [0, 0.05) is 61.5 Å². The molecule has 5 aliphatic rings. The smallest absolute Gasteiger partial charge is 0.262 e. The van der Waals surface area contributed by atoms with Gasteiger partial charge in [0.2, 0.25) is 17.8 Å². The molecule has 13 nitrogen and oxygen atoms in total. The van der Waals surface area contributed by atoms with Crippen molar-refractivity contribution >= 4 is 46.9 Å². The topological polar surface area (TPSA) is 152 Å². The monoisotopic (exact) mass is 882 g/mol. The third kappa shape index (κ3) is 9.08. The highest BCUT2D eigenvalue weighted by Crippen LogP contribution is 2.38. The van der Waals surface area contributed by atoms with E-state index in [-0.39, 0.29) is 24.2 Å². The Morgan fingerprint density at radius 2 is 1.47 bits per heavy atom. The van der Waals surface area contributed by atoms with Gasteiger partial charge in [0.1, 0.15) is 18.4 Å². The molecule has 0 bridgehead atoms. The Bertz CT molecular complexity index is 2460. The first-order chi connectivity index (χ1) is 30.9. The molecule has 3 aromatic carbocycles. The normalized spacial score (nSPS) is 20.7. The van der Waals surface area contributed by atoms with E-state index in [0.717, 1.165) is 117 Å². The average molecular weight is 883 g/mol. The van der Waals surface area contributed by atoms with Gasteiger partial charge >= 0.3 is 0 Å². The van der Waals surface area contributed by atoms with Crippen LogP contribution in [0.1, 0.15) is 108 Å². The number of ether oxygens (including phenoxy) is 1. The van der Waals surface area contributed by atoms with Gasteiger partial charge < -0.3 is 19.4 Å². The molecule has 4 aromatic rings. The number of carbonyl (C=O) groups is 4. The molecule has 4 amide bonds. The van der Waals surface area contributed by atoms with Gasteiger partial charge in [-0.1, -0.05) is 37.6 Å². The number of halogens is 1. The van der Waals surface area contributed by atoms with E-state index in [9.17, 15) is 24.4 Å². The van der Waals surface area contributed by atoms with E-state index in [4.69, 9.17) is 21.3 Å². The van der Waals surface area contributed by atoms with Crippen molar-refractivity contribution in [3.05, 3.63) is 111 Å². The predicted octanol–water partition coefficient (Wildman–Crippen LogP) is 7.15. The number of hydrogen-bond donors (Lipinski definition) is 1. The minimum Gasteiger partial charge on any atom is -0.487 e. The van der Waals surface area contributed by atoms with Crippen molar-refractivity contribution in [3.8, 4) is 11.8 Å². The molecule has 9 rings (SSSR count). The zero-order chi connectivity index (χ0) is 44.5. The number of aromatic nitrogens is 2. The van der Waals surface area contributed by atoms with Crippen LogP contribution in [0.2, 0.25) is 5.02 Å². The first-order valence-corrected chi connectivity index (χ1v) is 23.2. The molecule has 1 N–H and O–H groups in total. The van der Waals surface area contributed by atoms with E-state index >= 15 is 0 Å². The number of nitrogens with one attached hydrogen (secondary N) is 1. The number of carbonyl (C=O) groups excluding carboxylic acids is 4. The lowest BCUT2D eigenvalue weighted by Gasteiger charge is -2.42. The largest absolute Gasteiger partial charge is 0.487 e. The number of nitrogens with zero attached hydrogens (tertiary/aromatic N) is 7. The van der Waals surface area contributed by atoms with Crippen molar-refractivity contribution in [2.45, 2.75) is 83.3 Å². The molecule has 4 fully saturated rings. The lowest BCUT2D eigenvalue weighted by Crippen LogP contribution is -2.54. The van der Waals surface area contributed by atoms with Crippen molar-refractivity contribution in [3.63, 3.8) is 0 Å². The molecule has 0 aliphatic carbocycles. The molecule has 5 aliphatic heterocycles. The summed E-state index contributed by atoms with van der Waals surface area (Å²) in [4.78, 5) is 68.5. The molecule has 1 aromatic heterocycles. The SMILES string of the molecule is CC(C)(c1ccc(OCc2ccnc(N3CCC(CN4CCC(C5CCN(c6ccc7c(c6)C(=O)N(C6CCC(=O)NC6=O)C7=O)CC5)CC4)CC3)n2)cc1)c1cc(Cl)cc(C#N)c1. The van der Waals surface area contributed by atoms with E-state index in [1.165, 1.54) is 12.8 Å². The summed E-state index contributed by atoms with van der Waals surface area (Å²) < 4.78 is 6.16. The fourth-order valence-corrected chi connectivity index (χ4v) is 10.7. The molecule has 1 atom stereocenters. The van der Waals surface area contributed by atoms with Crippen LogP contribution in [0.15, 0.2) is 72.9 Å². The van der Waals surface area contributed by atoms with Crippen LogP contribution in [0, 0.1) is 29.1 Å². The number of amides is 4. The third-order valence-electron chi connectivity index (χ3n) is 14.5. The fourth-order valence-electron chi connectivity index (χ4n) is 10.5. The molecule has 0 spiro atoms. The minimum atomic E-state index is -0.957. The van der Waals surface area contributed by atoms with Crippen molar-refractivity contribution in [2.24, 2.45) is 17.8 Å². The van der Waals surface area contributed by atoms with Gasteiger partial charge in [-0.3, -0.25) is 29.4 Å². The molecule has 0 radical (unpaired) electrons. The number of imide groups is 2. The highest BCUT2D eigenvalue weighted by molar-refractivity contribution is 6.30. The number of nitriles is 1. The number of rotatable bonds is 11. The quantitative estimate of drug-likeness (QED) is 0.153. The Balaban J connectivity index is 0.697. The summed E-state index contributed by atoms with van der Waals surface area (Å²) in [6.45, 7) is 11.7. The van der Waals surface area contributed by atoms with Gasteiger partial charge in [-0.2, -0.15) is 5.26 Å². The predicted molar refractivity (Wildman–Crippen MR) is 243 cm³/mol. The Labute approximate surface area is 379 Å². The molecule has 0 saturated carbocycles. The Kier molecular flexibility index (Phi) is 12.4. The van der Waals surface area contributed by atoms with Crippen LogP contribution in [0.25, 0.3) is 0 Å². The number of benzene rings is 3. The van der Waals surface area contributed by atoms with E-state index in [1.54, 1.807) is 12.1 Å². The maximum Gasteiger partial charge on any atom is 0.262 e. The Morgan fingerprint density at radius 3 is 2.17 bits per heavy atom. The average Bonchev–Trinajstić information content (AvgIpc) is 3.56. The second kappa shape index (κ2) is 18.3. The second-order valence-electron chi connectivity index (χ2n) is 18.7. The van der Waals surface area contributed by atoms with Crippen LogP contribution >= 0.6 is 11.6 Å². The number of anilines is 2. The van der Waals surface area contributed by atoms with E-state index in [0.29, 0.717) is 40.2 Å². The maximum atomic E-state index is 13.4. The van der Waals surface area contributed by atoms with Gasteiger partial charge in [-0.15, -0.1) is 0 Å². The summed E-state index contributed by atoms with van der Waals surface area (Å²) in [6, 6.07) is 22.2. The van der Waals surface area contributed by atoms with Crippen LogP contribution in [0.5, 0.6) is 5.75 Å².